The van der Waals surface area contributed by atoms with E-state index in [1.54, 1.807) is 17.5 Å². The second-order valence-electron chi connectivity index (χ2n) is 4.26. The first-order valence-electron chi connectivity index (χ1n) is 5.54. The molecule has 0 unspecified atom stereocenters. The van der Waals surface area contributed by atoms with Crippen LogP contribution in [0, 0.1) is 20.8 Å². The molecule has 4 heteroatoms. The van der Waals surface area contributed by atoms with Crippen molar-refractivity contribution in [3.05, 3.63) is 34.3 Å². The maximum absolute atomic E-state index is 4.54. The van der Waals surface area contributed by atoms with E-state index in [0.717, 1.165) is 17.0 Å². The third-order valence-corrected chi connectivity index (χ3v) is 4.16. The van der Waals surface area contributed by atoms with Gasteiger partial charge in [-0.2, -0.15) is 0 Å². The molecule has 1 N–H and O–H groups in total. The molecule has 86 valence electrons. The summed E-state index contributed by atoms with van der Waals surface area (Å²) in [5.41, 5.74) is 4.32. The number of aromatic nitrogens is 3. The van der Waals surface area contributed by atoms with E-state index in [-0.39, 0.29) is 0 Å². The molecule has 0 spiro atoms. The van der Waals surface area contributed by atoms with E-state index in [2.05, 4.69) is 41.8 Å². The van der Waals surface area contributed by atoms with Crippen molar-refractivity contribution < 1.29 is 0 Å². The van der Waals surface area contributed by atoms with Gasteiger partial charge in [-0.1, -0.05) is 0 Å². The Balaban J connectivity index is 2.21. The number of rotatable bonds is 1. The number of pyridine rings is 1. The third kappa shape index (κ3) is 1.65. The highest BCUT2D eigenvalue weighted by Crippen LogP contribution is 2.30. The van der Waals surface area contributed by atoms with E-state index in [1.807, 2.05) is 6.07 Å². The molecule has 3 nitrogen and oxygen atoms in total. The number of nitrogens with zero attached hydrogens (tertiary/aromatic N) is 2. The zero-order valence-corrected chi connectivity index (χ0v) is 10.9. The molecule has 3 aromatic rings. The van der Waals surface area contributed by atoms with Crippen LogP contribution in [0.1, 0.15) is 16.0 Å². The van der Waals surface area contributed by atoms with Crippen LogP contribution in [0.3, 0.4) is 0 Å². The maximum atomic E-state index is 4.54. The standard InChI is InChI=1S/C13H13N3S/c1-7-4-5-14-13-11(7)15-12(16-13)10-6-8(2)9(3)17-10/h4-6H,1-3H3,(H,14,15,16). The van der Waals surface area contributed by atoms with Crippen molar-refractivity contribution in [2.75, 3.05) is 0 Å². The topological polar surface area (TPSA) is 41.6 Å². The summed E-state index contributed by atoms with van der Waals surface area (Å²) in [4.78, 5) is 14.7. The Labute approximate surface area is 104 Å². The highest BCUT2D eigenvalue weighted by atomic mass is 32.1. The van der Waals surface area contributed by atoms with Crippen LogP contribution in [0.15, 0.2) is 18.3 Å². The van der Waals surface area contributed by atoms with Crippen LogP contribution >= 0.6 is 11.3 Å². The average molecular weight is 243 g/mol. The molecule has 0 aliphatic heterocycles. The molecule has 0 aromatic carbocycles. The Bertz CT molecular complexity index is 674. The number of imidazole rings is 1. The lowest BCUT2D eigenvalue weighted by atomic mass is 10.3. The number of fused-ring (bicyclic) bond motifs is 1. The lowest BCUT2D eigenvalue weighted by Crippen LogP contribution is -1.78. The van der Waals surface area contributed by atoms with E-state index >= 15 is 0 Å². The van der Waals surface area contributed by atoms with E-state index in [0.29, 0.717) is 0 Å². The second-order valence-corrected chi connectivity index (χ2v) is 5.52. The highest BCUT2D eigenvalue weighted by Gasteiger charge is 2.10. The zero-order chi connectivity index (χ0) is 12.0. The van der Waals surface area contributed by atoms with Gasteiger partial charge >= 0.3 is 0 Å². The van der Waals surface area contributed by atoms with Gasteiger partial charge in [0, 0.05) is 11.1 Å². The Morgan fingerprint density at radius 2 is 2.00 bits per heavy atom. The lowest BCUT2D eigenvalue weighted by molar-refractivity contribution is 1.31. The Kier molecular flexibility index (Phi) is 2.26. The number of H-pyrrole nitrogens is 1. The molecule has 0 aliphatic carbocycles. The van der Waals surface area contributed by atoms with Crippen molar-refractivity contribution in [1.82, 2.24) is 15.0 Å². The first kappa shape index (κ1) is 10.5. The minimum Gasteiger partial charge on any atom is -0.336 e. The van der Waals surface area contributed by atoms with Gasteiger partial charge in [-0.25, -0.2) is 9.97 Å². The highest BCUT2D eigenvalue weighted by molar-refractivity contribution is 7.15. The summed E-state index contributed by atoms with van der Waals surface area (Å²) in [7, 11) is 0. The fourth-order valence-corrected chi connectivity index (χ4v) is 2.82. The number of hydrogen-bond donors (Lipinski definition) is 1. The molecule has 0 bridgehead atoms. The van der Waals surface area contributed by atoms with Crippen molar-refractivity contribution in [2.24, 2.45) is 0 Å². The molecule has 0 saturated carbocycles. The van der Waals surface area contributed by atoms with Crippen LogP contribution in [0.5, 0.6) is 0 Å². The predicted octanol–water partition coefficient (Wildman–Crippen LogP) is 3.61. The summed E-state index contributed by atoms with van der Waals surface area (Å²) < 4.78 is 0. The number of nitrogens with one attached hydrogen (secondary N) is 1. The van der Waals surface area contributed by atoms with Crippen molar-refractivity contribution >= 4 is 22.5 Å². The molecule has 3 rings (SSSR count). The molecule has 0 aliphatic rings. The van der Waals surface area contributed by atoms with E-state index in [1.165, 1.54) is 20.9 Å². The number of hydrogen-bond acceptors (Lipinski definition) is 3. The van der Waals surface area contributed by atoms with Gasteiger partial charge in [0.2, 0.25) is 0 Å². The third-order valence-electron chi connectivity index (χ3n) is 3.00. The molecule has 0 atom stereocenters. The number of aromatic amines is 1. The second kappa shape index (κ2) is 3.67. The van der Waals surface area contributed by atoms with Gasteiger partial charge in [-0.05, 0) is 44.0 Å². The van der Waals surface area contributed by atoms with Crippen LogP contribution in [-0.4, -0.2) is 15.0 Å². The van der Waals surface area contributed by atoms with Crippen LogP contribution in [0.25, 0.3) is 21.9 Å². The van der Waals surface area contributed by atoms with E-state index < -0.39 is 0 Å². The molecule has 3 heterocycles. The summed E-state index contributed by atoms with van der Waals surface area (Å²) in [6.45, 7) is 6.33. The summed E-state index contributed by atoms with van der Waals surface area (Å²) in [5, 5.41) is 0. The van der Waals surface area contributed by atoms with Crippen molar-refractivity contribution in [3.8, 4) is 10.7 Å². The van der Waals surface area contributed by atoms with Crippen molar-refractivity contribution in [1.29, 1.82) is 0 Å². The zero-order valence-electron chi connectivity index (χ0n) is 10.0. The molecule has 17 heavy (non-hydrogen) atoms. The average Bonchev–Trinajstić information content (AvgIpc) is 2.85. The minimum absolute atomic E-state index is 0.795. The number of aryl methyl sites for hydroxylation is 3. The SMILES string of the molecule is Cc1cc(-c2nc3nccc(C)c3[nH]2)sc1C. The summed E-state index contributed by atoms with van der Waals surface area (Å²) in [5.74, 6) is 0.919. The smallest absolute Gasteiger partial charge is 0.178 e. The summed E-state index contributed by atoms with van der Waals surface area (Å²) in [6.07, 6.45) is 1.80. The minimum atomic E-state index is 0.795. The van der Waals surface area contributed by atoms with Crippen LogP contribution in [-0.2, 0) is 0 Å². The normalized spacial score (nSPS) is 11.2. The van der Waals surface area contributed by atoms with E-state index in [4.69, 9.17) is 0 Å². The Hall–Kier alpha value is -1.68. The molecule has 0 saturated heterocycles. The lowest BCUT2D eigenvalue weighted by Gasteiger charge is -1.90. The van der Waals surface area contributed by atoms with E-state index in [9.17, 15) is 0 Å². The Morgan fingerprint density at radius 3 is 2.65 bits per heavy atom. The van der Waals surface area contributed by atoms with Gasteiger partial charge in [0.05, 0.1) is 10.4 Å². The molecular weight excluding hydrogens is 230 g/mol. The fraction of sp³-hybridized carbons (Fsp3) is 0.231. The molecule has 3 aromatic heterocycles. The Morgan fingerprint density at radius 1 is 1.18 bits per heavy atom. The molecule has 0 radical (unpaired) electrons. The monoisotopic (exact) mass is 243 g/mol. The van der Waals surface area contributed by atoms with Gasteiger partial charge < -0.3 is 4.98 Å². The van der Waals surface area contributed by atoms with Crippen molar-refractivity contribution in [2.45, 2.75) is 20.8 Å². The quantitative estimate of drug-likeness (QED) is 0.709. The fourth-order valence-electron chi connectivity index (χ4n) is 1.84. The van der Waals surface area contributed by atoms with Gasteiger partial charge in [-0.3, -0.25) is 0 Å². The van der Waals surface area contributed by atoms with Crippen molar-refractivity contribution in [3.63, 3.8) is 0 Å². The first-order valence-corrected chi connectivity index (χ1v) is 6.35. The largest absolute Gasteiger partial charge is 0.336 e. The van der Waals surface area contributed by atoms with Gasteiger partial charge in [0.25, 0.3) is 0 Å². The summed E-state index contributed by atoms with van der Waals surface area (Å²) in [6, 6.07) is 4.17. The van der Waals surface area contributed by atoms with Crippen LogP contribution < -0.4 is 0 Å². The summed E-state index contributed by atoms with van der Waals surface area (Å²) >= 11 is 1.77. The molecule has 0 amide bonds. The first-order chi connectivity index (χ1) is 8.15. The van der Waals surface area contributed by atoms with Gasteiger partial charge in [0.1, 0.15) is 0 Å². The van der Waals surface area contributed by atoms with Gasteiger partial charge in [-0.15, -0.1) is 11.3 Å². The number of thiophene rings is 1. The molecule has 0 fully saturated rings. The molecular formula is C13H13N3S. The van der Waals surface area contributed by atoms with Gasteiger partial charge in [0.15, 0.2) is 11.5 Å². The van der Waals surface area contributed by atoms with Crippen LogP contribution in [0.4, 0.5) is 0 Å². The predicted molar refractivity (Wildman–Crippen MR) is 71.4 cm³/mol. The van der Waals surface area contributed by atoms with Crippen LogP contribution in [0.2, 0.25) is 0 Å². The maximum Gasteiger partial charge on any atom is 0.178 e.